The molecule has 0 unspecified atom stereocenters. The van der Waals surface area contributed by atoms with E-state index in [-0.39, 0.29) is 5.56 Å². The van der Waals surface area contributed by atoms with Crippen LogP contribution in [0, 0.1) is 6.92 Å². The summed E-state index contributed by atoms with van der Waals surface area (Å²) in [7, 11) is 1.68. The van der Waals surface area contributed by atoms with Gasteiger partial charge in [-0.3, -0.25) is 14.7 Å². The number of methoxy groups -OCH3 is 1. The molecule has 152 valence electrons. The molecule has 0 aliphatic carbocycles. The van der Waals surface area contributed by atoms with E-state index in [1.807, 2.05) is 24.3 Å². The van der Waals surface area contributed by atoms with Gasteiger partial charge in [0.2, 0.25) is 0 Å². The van der Waals surface area contributed by atoms with Crippen molar-refractivity contribution in [2.45, 2.75) is 26.4 Å². The lowest BCUT2D eigenvalue weighted by Crippen LogP contribution is -2.35. The lowest BCUT2D eigenvalue weighted by atomic mass is 10.1. The van der Waals surface area contributed by atoms with E-state index in [0.29, 0.717) is 24.5 Å². The first-order chi connectivity index (χ1) is 14.6. The van der Waals surface area contributed by atoms with Crippen LogP contribution in [0.4, 0.5) is 0 Å². The van der Waals surface area contributed by atoms with Gasteiger partial charge in [0.15, 0.2) is 5.82 Å². The Morgan fingerprint density at radius 1 is 1.20 bits per heavy atom. The summed E-state index contributed by atoms with van der Waals surface area (Å²) in [5, 5.41) is 1.17. The standard InChI is InChI=1S/C23H23N5O2/c1-14-17-11-15(30-2)6-7-18(17)25-20(14)12-28-10-8-16-21(13-28)26-22(27-23(16)29)19-5-3-4-9-24-19/h3-7,9,11,25H,8,10,12-13H2,1-2H3,(H,26,27,29). The predicted octanol–water partition coefficient (Wildman–Crippen LogP) is 3.19. The molecule has 30 heavy (non-hydrogen) atoms. The van der Waals surface area contributed by atoms with Crippen molar-refractivity contribution < 1.29 is 4.74 Å². The summed E-state index contributed by atoms with van der Waals surface area (Å²) < 4.78 is 5.36. The highest BCUT2D eigenvalue weighted by Crippen LogP contribution is 2.27. The van der Waals surface area contributed by atoms with Gasteiger partial charge >= 0.3 is 0 Å². The van der Waals surface area contributed by atoms with E-state index in [1.54, 1.807) is 13.3 Å². The predicted molar refractivity (Wildman–Crippen MR) is 115 cm³/mol. The van der Waals surface area contributed by atoms with E-state index in [4.69, 9.17) is 9.72 Å². The van der Waals surface area contributed by atoms with Gasteiger partial charge in [0, 0.05) is 48.0 Å². The number of nitrogens with zero attached hydrogens (tertiary/aromatic N) is 3. The Morgan fingerprint density at radius 3 is 2.90 bits per heavy atom. The molecule has 5 rings (SSSR count). The first-order valence-electron chi connectivity index (χ1n) is 10.0. The van der Waals surface area contributed by atoms with E-state index in [1.165, 1.54) is 16.6 Å². The van der Waals surface area contributed by atoms with Gasteiger partial charge in [-0.05, 0) is 49.2 Å². The highest BCUT2D eigenvalue weighted by molar-refractivity contribution is 5.85. The van der Waals surface area contributed by atoms with Crippen LogP contribution in [0.2, 0.25) is 0 Å². The number of fused-ring (bicyclic) bond motifs is 2. The molecule has 7 heteroatoms. The number of nitrogens with one attached hydrogen (secondary N) is 2. The fourth-order valence-electron chi connectivity index (χ4n) is 4.12. The smallest absolute Gasteiger partial charge is 0.254 e. The number of H-pyrrole nitrogens is 2. The molecule has 3 aromatic heterocycles. The van der Waals surface area contributed by atoms with Gasteiger partial charge in [-0.15, -0.1) is 0 Å². The number of benzene rings is 1. The van der Waals surface area contributed by atoms with Crippen molar-refractivity contribution in [3.63, 3.8) is 0 Å². The Morgan fingerprint density at radius 2 is 2.10 bits per heavy atom. The fourth-order valence-corrected chi connectivity index (χ4v) is 4.12. The molecular formula is C23H23N5O2. The quantitative estimate of drug-likeness (QED) is 0.548. The third-order valence-corrected chi connectivity index (χ3v) is 5.81. The van der Waals surface area contributed by atoms with Crippen LogP contribution in [0.1, 0.15) is 22.5 Å². The fraction of sp³-hybridized carbons (Fsp3) is 0.261. The van der Waals surface area contributed by atoms with Crippen LogP contribution in [0.25, 0.3) is 22.4 Å². The third kappa shape index (κ3) is 3.27. The molecule has 1 aliphatic rings. The largest absolute Gasteiger partial charge is 0.497 e. The molecule has 0 saturated heterocycles. The second-order valence-electron chi connectivity index (χ2n) is 7.66. The lowest BCUT2D eigenvalue weighted by Gasteiger charge is -2.27. The number of hydrogen-bond acceptors (Lipinski definition) is 5. The molecule has 0 fully saturated rings. The second-order valence-corrected chi connectivity index (χ2v) is 7.66. The number of ether oxygens (including phenoxy) is 1. The Kier molecular flexibility index (Phi) is 4.59. The van der Waals surface area contributed by atoms with Gasteiger partial charge in [-0.2, -0.15) is 0 Å². The third-order valence-electron chi connectivity index (χ3n) is 5.81. The van der Waals surface area contributed by atoms with Crippen molar-refractivity contribution in [1.29, 1.82) is 0 Å². The van der Waals surface area contributed by atoms with E-state index < -0.39 is 0 Å². The topological polar surface area (TPSA) is 86.9 Å². The zero-order valence-corrected chi connectivity index (χ0v) is 17.0. The maximum absolute atomic E-state index is 12.6. The van der Waals surface area contributed by atoms with Gasteiger partial charge in [0.25, 0.3) is 5.56 Å². The van der Waals surface area contributed by atoms with Gasteiger partial charge in [0.1, 0.15) is 11.4 Å². The molecule has 1 aliphatic heterocycles. The van der Waals surface area contributed by atoms with Crippen LogP contribution in [-0.4, -0.2) is 38.5 Å². The maximum Gasteiger partial charge on any atom is 0.254 e. The second kappa shape index (κ2) is 7.42. The Bertz CT molecular complexity index is 1280. The molecular weight excluding hydrogens is 378 g/mol. The van der Waals surface area contributed by atoms with Crippen LogP contribution >= 0.6 is 0 Å². The molecule has 0 spiro atoms. The molecule has 1 aromatic carbocycles. The summed E-state index contributed by atoms with van der Waals surface area (Å²) in [5.74, 6) is 1.38. The van der Waals surface area contributed by atoms with Crippen LogP contribution in [0.5, 0.6) is 5.75 Å². The van der Waals surface area contributed by atoms with Crippen LogP contribution in [-0.2, 0) is 19.5 Å². The monoisotopic (exact) mass is 401 g/mol. The van der Waals surface area contributed by atoms with Crippen molar-refractivity contribution in [3.05, 3.63) is 75.5 Å². The Labute approximate surface area is 173 Å². The van der Waals surface area contributed by atoms with Gasteiger partial charge in [-0.25, -0.2) is 4.98 Å². The number of aryl methyl sites for hydroxylation is 1. The zero-order valence-electron chi connectivity index (χ0n) is 17.0. The minimum absolute atomic E-state index is 0.0609. The number of aromatic amines is 2. The molecule has 2 N–H and O–H groups in total. The highest BCUT2D eigenvalue weighted by atomic mass is 16.5. The minimum Gasteiger partial charge on any atom is -0.497 e. The number of rotatable bonds is 4. The normalized spacial score (nSPS) is 14.1. The maximum atomic E-state index is 12.6. The van der Waals surface area contributed by atoms with Crippen molar-refractivity contribution in [2.75, 3.05) is 13.7 Å². The van der Waals surface area contributed by atoms with Crippen LogP contribution in [0.3, 0.4) is 0 Å². The lowest BCUT2D eigenvalue weighted by molar-refractivity contribution is 0.238. The first kappa shape index (κ1) is 18.6. The molecule has 7 nitrogen and oxygen atoms in total. The number of aromatic nitrogens is 4. The van der Waals surface area contributed by atoms with Crippen molar-refractivity contribution in [2.24, 2.45) is 0 Å². The molecule has 4 heterocycles. The van der Waals surface area contributed by atoms with Crippen LogP contribution in [0.15, 0.2) is 47.4 Å². The first-order valence-corrected chi connectivity index (χ1v) is 10.0. The van der Waals surface area contributed by atoms with Gasteiger partial charge in [-0.1, -0.05) is 6.07 Å². The molecule has 0 amide bonds. The molecule has 0 radical (unpaired) electrons. The van der Waals surface area contributed by atoms with Gasteiger partial charge < -0.3 is 14.7 Å². The summed E-state index contributed by atoms with van der Waals surface area (Å²) in [6.07, 6.45) is 2.39. The van der Waals surface area contributed by atoms with Crippen molar-refractivity contribution >= 4 is 10.9 Å². The summed E-state index contributed by atoms with van der Waals surface area (Å²) in [4.78, 5) is 30.4. The van der Waals surface area contributed by atoms with Gasteiger partial charge in [0.05, 0.1) is 12.8 Å². The number of pyridine rings is 1. The molecule has 4 aromatic rings. The van der Waals surface area contributed by atoms with E-state index >= 15 is 0 Å². The average Bonchev–Trinajstić information content (AvgIpc) is 3.08. The molecule has 0 atom stereocenters. The van der Waals surface area contributed by atoms with E-state index in [0.717, 1.165) is 35.6 Å². The SMILES string of the molecule is COc1ccc2[nH]c(CN3CCc4c(nc(-c5ccccn5)[nH]c4=O)C3)c(C)c2c1. The Balaban J connectivity index is 1.43. The van der Waals surface area contributed by atoms with Crippen LogP contribution < -0.4 is 10.3 Å². The zero-order chi connectivity index (χ0) is 20.7. The number of hydrogen-bond donors (Lipinski definition) is 2. The molecule has 0 bridgehead atoms. The van der Waals surface area contributed by atoms with Crippen molar-refractivity contribution in [1.82, 2.24) is 24.8 Å². The minimum atomic E-state index is -0.0609. The summed E-state index contributed by atoms with van der Waals surface area (Å²) in [6, 6.07) is 11.7. The summed E-state index contributed by atoms with van der Waals surface area (Å²) in [6.45, 7) is 4.36. The summed E-state index contributed by atoms with van der Waals surface area (Å²) >= 11 is 0. The van der Waals surface area contributed by atoms with E-state index in [9.17, 15) is 4.79 Å². The van der Waals surface area contributed by atoms with E-state index in [2.05, 4.69) is 38.9 Å². The summed E-state index contributed by atoms with van der Waals surface area (Å²) in [5.41, 5.74) is 5.74. The molecule has 0 saturated carbocycles. The Hall–Kier alpha value is -3.45. The average molecular weight is 401 g/mol. The highest BCUT2D eigenvalue weighted by Gasteiger charge is 2.23. The van der Waals surface area contributed by atoms with Crippen molar-refractivity contribution in [3.8, 4) is 17.3 Å².